The van der Waals surface area contributed by atoms with Crippen molar-refractivity contribution < 1.29 is 9.47 Å². The first-order valence-electron chi connectivity index (χ1n) is 7.71. The molecule has 0 radical (unpaired) electrons. The highest BCUT2D eigenvalue weighted by molar-refractivity contribution is 5.75. The summed E-state index contributed by atoms with van der Waals surface area (Å²) in [7, 11) is 0. The van der Waals surface area contributed by atoms with Gasteiger partial charge in [0.2, 0.25) is 0 Å². The van der Waals surface area contributed by atoms with E-state index in [1.165, 1.54) is 0 Å². The Morgan fingerprint density at radius 3 is 2.70 bits per heavy atom. The SMILES string of the molecule is CCOC(CNc1nn2cnnc2c2c1N=NC2(C)C)OCC. The van der Waals surface area contributed by atoms with Crippen LogP contribution < -0.4 is 5.32 Å². The van der Waals surface area contributed by atoms with E-state index in [0.717, 1.165) is 5.56 Å². The van der Waals surface area contributed by atoms with Gasteiger partial charge in [0.15, 0.2) is 17.8 Å². The number of rotatable bonds is 7. The Kier molecular flexibility index (Phi) is 4.22. The molecule has 0 aliphatic carbocycles. The predicted molar refractivity (Wildman–Crippen MR) is 83.9 cm³/mol. The molecule has 1 aliphatic heterocycles. The predicted octanol–water partition coefficient (Wildman–Crippen LogP) is 2.27. The zero-order chi connectivity index (χ0) is 16.4. The Balaban J connectivity index is 1.91. The van der Waals surface area contributed by atoms with Crippen molar-refractivity contribution in [3.05, 3.63) is 11.9 Å². The number of nitrogens with one attached hydrogen (secondary N) is 1. The fourth-order valence-electron chi connectivity index (χ4n) is 2.57. The molecule has 0 spiro atoms. The van der Waals surface area contributed by atoms with Gasteiger partial charge >= 0.3 is 0 Å². The lowest BCUT2D eigenvalue weighted by atomic mass is 9.96. The van der Waals surface area contributed by atoms with Crippen LogP contribution in [0, 0.1) is 0 Å². The minimum atomic E-state index is -0.456. The number of fused-ring (bicyclic) bond motifs is 3. The third-order valence-corrected chi connectivity index (χ3v) is 3.58. The van der Waals surface area contributed by atoms with E-state index in [9.17, 15) is 0 Å². The van der Waals surface area contributed by atoms with Crippen molar-refractivity contribution in [2.75, 3.05) is 25.1 Å². The molecule has 124 valence electrons. The second kappa shape index (κ2) is 6.17. The molecule has 0 fully saturated rings. The first-order valence-corrected chi connectivity index (χ1v) is 7.71. The second-order valence-corrected chi connectivity index (χ2v) is 5.65. The van der Waals surface area contributed by atoms with Crippen LogP contribution in [-0.4, -0.2) is 45.9 Å². The molecule has 0 amide bonds. The Bertz CT molecular complexity index is 719. The molecule has 1 N–H and O–H groups in total. The lowest BCUT2D eigenvalue weighted by molar-refractivity contribution is -0.126. The van der Waals surface area contributed by atoms with Crippen molar-refractivity contribution in [3.8, 4) is 0 Å². The number of anilines is 1. The summed E-state index contributed by atoms with van der Waals surface area (Å²) in [6.07, 6.45) is 1.23. The maximum absolute atomic E-state index is 5.54. The summed E-state index contributed by atoms with van der Waals surface area (Å²) in [6, 6.07) is 0. The maximum Gasteiger partial charge on any atom is 0.185 e. The van der Waals surface area contributed by atoms with Gasteiger partial charge in [0.1, 0.15) is 17.6 Å². The molecular weight excluding hydrogens is 298 g/mol. The third kappa shape index (κ3) is 2.89. The van der Waals surface area contributed by atoms with Gasteiger partial charge in [-0.05, 0) is 27.7 Å². The van der Waals surface area contributed by atoms with Gasteiger partial charge in [-0.1, -0.05) is 0 Å². The quantitative estimate of drug-likeness (QED) is 0.786. The highest BCUT2D eigenvalue weighted by Gasteiger charge is 2.35. The number of aromatic nitrogens is 4. The van der Waals surface area contributed by atoms with Gasteiger partial charge in [-0.25, -0.2) is 0 Å². The molecule has 0 bridgehead atoms. The van der Waals surface area contributed by atoms with Crippen molar-refractivity contribution in [1.82, 2.24) is 19.8 Å². The molecule has 0 atom stereocenters. The first kappa shape index (κ1) is 15.8. The van der Waals surface area contributed by atoms with Crippen molar-refractivity contribution in [2.45, 2.75) is 39.5 Å². The smallest absolute Gasteiger partial charge is 0.185 e. The molecule has 9 nitrogen and oxygen atoms in total. The van der Waals surface area contributed by atoms with Gasteiger partial charge < -0.3 is 14.8 Å². The Hall–Kier alpha value is -2.13. The highest BCUT2D eigenvalue weighted by atomic mass is 16.7. The molecule has 3 heterocycles. The van der Waals surface area contributed by atoms with E-state index >= 15 is 0 Å². The molecule has 23 heavy (non-hydrogen) atoms. The molecule has 2 aromatic rings. The Morgan fingerprint density at radius 1 is 1.26 bits per heavy atom. The number of hydrogen-bond acceptors (Lipinski definition) is 8. The van der Waals surface area contributed by atoms with E-state index in [1.807, 2.05) is 27.7 Å². The lowest BCUT2D eigenvalue weighted by Crippen LogP contribution is -2.27. The normalized spacial score (nSPS) is 15.5. The van der Waals surface area contributed by atoms with Gasteiger partial charge in [-0.3, -0.25) is 0 Å². The third-order valence-electron chi connectivity index (χ3n) is 3.58. The van der Waals surface area contributed by atoms with Crippen LogP contribution in [0.25, 0.3) is 5.65 Å². The fraction of sp³-hybridized carbons (Fsp3) is 0.643. The van der Waals surface area contributed by atoms with E-state index in [0.29, 0.717) is 36.9 Å². The molecule has 9 heteroatoms. The number of ether oxygens (including phenoxy) is 2. The molecule has 3 rings (SSSR count). The maximum atomic E-state index is 5.54. The standard InChI is InChI=1S/C14H21N7O2/c1-5-22-9(23-6-2)7-15-12-11-10(14(3,4)20-17-11)13-18-16-8-21(13)19-12/h8-9H,5-7H2,1-4H3,(H,15,19). The van der Waals surface area contributed by atoms with E-state index in [1.54, 1.807) is 10.8 Å². The van der Waals surface area contributed by atoms with Crippen LogP contribution >= 0.6 is 0 Å². The van der Waals surface area contributed by atoms with Crippen LogP contribution in [-0.2, 0) is 15.0 Å². The number of nitrogens with zero attached hydrogens (tertiary/aromatic N) is 6. The van der Waals surface area contributed by atoms with E-state index < -0.39 is 5.54 Å². The van der Waals surface area contributed by atoms with Crippen LogP contribution in [0.3, 0.4) is 0 Å². The minimum Gasteiger partial charge on any atom is -0.362 e. The van der Waals surface area contributed by atoms with E-state index in [4.69, 9.17) is 9.47 Å². The van der Waals surface area contributed by atoms with Crippen LogP contribution in [0.2, 0.25) is 0 Å². The molecular formula is C14H21N7O2. The summed E-state index contributed by atoms with van der Waals surface area (Å²) in [5.41, 5.74) is 1.83. The average molecular weight is 319 g/mol. The monoisotopic (exact) mass is 319 g/mol. The molecule has 0 unspecified atom stereocenters. The number of hydrogen-bond donors (Lipinski definition) is 1. The largest absolute Gasteiger partial charge is 0.362 e. The van der Waals surface area contributed by atoms with Crippen LogP contribution in [0.4, 0.5) is 11.5 Å². The van der Waals surface area contributed by atoms with Crippen molar-refractivity contribution in [1.29, 1.82) is 0 Å². The summed E-state index contributed by atoms with van der Waals surface area (Å²) in [5, 5.41) is 24.4. The number of azo groups is 1. The van der Waals surface area contributed by atoms with Crippen molar-refractivity contribution in [3.63, 3.8) is 0 Å². The summed E-state index contributed by atoms with van der Waals surface area (Å²) >= 11 is 0. The second-order valence-electron chi connectivity index (χ2n) is 5.65. The molecule has 0 saturated heterocycles. The Labute approximate surface area is 134 Å². The molecule has 0 saturated carbocycles. The summed E-state index contributed by atoms with van der Waals surface area (Å²) in [4.78, 5) is 0. The van der Waals surface area contributed by atoms with E-state index in [2.05, 4.69) is 30.8 Å². The minimum absolute atomic E-state index is 0.342. The highest BCUT2D eigenvalue weighted by Crippen LogP contribution is 2.45. The zero-order valence-corrected chi connectivity index (χ0v) is 13.8. The molecule has 1 aliphatic rings. The van der Waals surface area contributed by atoms with Gasteiger partial charge in [0.05, 0.1) is 12.1 Å². The Morgan fingerprint density at radius 2 is 2.00 bits per heavy atom. The fourth-order valence-corrected chi connectivity index (χ4v) is 2.57. The zero-order valence-electron chi connectivity index (χ0n) is 13.8. The summed E-state index contributed by atoms with van der Waals surface area (Å²) in [6.45, 7) is 9.46. The van der Waals surface area contributed by atoms with Crippen LogP contribution in [0.1, 0.15) is 33.3 Å². The van der Waals surface area contributed by atoms with Gasteiger partial charge in [-0.15, -0.1) is 15.3 Å². The van der Waals surface area contributed by atoms with E-state index in [-0.39, 0.29) is 6.29 Å². The first-order chi connectivity index (χ1) is 11.1. The topological polar surface area (TPSA) is 98.3 Å². The van der Waals surface area contributed by atoms with Crippen LogP contribution in [0.5, 0.6) is 0 Å². The average Bonchev–Trinajstić information content (AvgIpc) is 3.09. The van der Waals surface area contributed by atoms with Crippen molar-refractivity contribution in [2.24, 2.45) is 10.2 Å². The van der Waals surface area contributed by atoms with Gasteiger partial charge in [0, 0.05) is 13.2 Å². The van der Waals surface area contributed by atoms with Gasteiger partial charge in [-0.2, -0.15) is 14.7 Å². The summed E-state index contributed by atoms with van der Waals surface area (Å²) in [5.74, 6) is 0.617. The molecule has 0 aromatic carbocycles. The van der Waals surface area contributed by atoms with Crippen LogP contribution in [0.15, 0.2) is 16.6 Å². The van der Waals surface area contributed by atoms with Gasteiger partial charge in [0.25, 0.3) is 0 Å². The summed E-state index contributed by atoms with van der Waals surface area (Å²) < 4.78 is 12.7. The lowest BCUT2D eigenvalue weighted by Gasteiger charge is -2.19. The van der Waals surface area contributed by atoms with Crippen molar-refractivity contribution >= 4 is 17.2 Å². The molecule has 2 aromatic heterocycles.